The first-order chi connectivity index (χ1) is 13.6. The number of aryl methyl sites for hydroxylation is 1. The Balaban J connectivity index is 1.54. The number of aliphatic hydroxyl groups excluding tert-OH is 1. The molecular formula is C20H27N5O3. The summed E-state index contributed by atoms with van der Waals surface area (Å²) in [5.74, 6) is 1.68. The van der Waals surface area contributed by atoms with Crippen LogP contribution < -0.4 is 20.7 Å². The van der Waals surface area contributed by atoms with Crippen molar-refractivity contribution in [2.24, 2.45) is 11.7 Å². The van der Waals surface area contributed by atoms with E-state index in [2.05, 4.69) is 14.8 Å². The Labute approximate surface area is 163 Å². The smallest absolute Gasteiger partial charge is 0.240 e. The number of aliphatic hydroxyl groups is 1. The van der Waals surface area contributed by atoms with Gasteiger partial charge in [-0.2, -0.15) is 0 Å². The third-order valence-electron chi connectivity index (χ3n) is 5.97. The number of nitrogens with one attached hydrogen (secondary N) is 1. The number of rotatable bonds is 5. The van der Waals surface area contributed by atoms with Crippen LogP contribution in [0.25, 0.3) is 11.0 Å². The van der Waals surface area contributed by atoms with Crippen LogP contribution >= 0.6 is 0 Å². The van der Waals surface area contributed by atoms with Gasteiger partial charge in [-0.15, -0.1) is 0 Å². The number of anilines is 2. The number of β-amino-alcohol motifs (C(OH)–C–C–N with tert-alkyl or cyclic N) is 1. The van der Waals surface area contributed by atoms with Crippen molar-refractivity contribution < 1.29 is 14.6 Å². The summed E-state index contributed by atoms with van der Waals surface area (Å²) in [5.41, 5.74) is 8.25. The molecule has 150 valence electrons. The van der Waals surface area contributed by atoms with Crippen molar-refractivity contribution in [2.45, 2.75) is 50.8 Å². The number of hydrogen-bond acceptors (Lipinski definition) is 6. The number of imidazole rings is 1. The molecule has 1 saturated heterocycles. The summed E-state index contributed by atoms with van der Waals surface area (Å²) in [6.07, 6.45) is 4.45. The van der Waals surface area contributed by atoms with Crippen LogP contribution in [0.1, 0.15) is 32.1 Å². The minimum atomic E-state index is -0.353. The largest absolute Gasteiger partial charge is 0.491 e. The first-order valence-corrected chi connectivity index (χ1v) is 10.3. The molecule has 4 N–H and O–H groups in total. The van der Waals surface area contributed by atoms with Gasteiger partial charge in [-0.1, -0.05) is 0 Å². The molecule has 1 unspecified atom stereocenters. The molecule has 1 saturated carbocycles. The summed E-state index contributed by atoms with van der Waals surface area (Å²) in [6.45, 7) is 2.98. The summed E-state index contributed by atoms with van der Waals surface area (Å²) >= 11 is 0. The molecule has 3 heterocycles. The number of hydrogen-bond donors (Lipinski definition) is 3. The van der Waals surface area contributed by atoms with E-state index in [4.69, 9.17) is 15.5 Å². The number of nitrogens with two attached hydrogens (primary N) is 1. The van der Waals surface area contributed by atoms with Gasteiger partial charge in [-0.25, -0.2) is 4.98 Å². The molecule has 1 amide bonds. The molecule has 2 aliphatic heterocycles. The van der Waals surface area contributed by atoms with Gasteiger partial charge in [0, 0.05) is 31.4 Å². The normalized spacial score (nSPS) is 23.2. The molecule has 3 aliphatic rings. The van der Waals surface area contributed by atoms with Gasteiger partial charge in [-0.05, 0) is 44.1 Å². The predicted molar refractivity (Wildman–Crippen MR) is 107 cm³/mol. The van der Waals surface area contributed by atoms with Crippen molar-refractivity contribution in [2.75, 3.05) is 29.9 Å². The lowest BCUT2D eigenvalue weighted by molar-refractivity contribution is -0.119. The van der Waals surface area contributed by atoms with E-state index in [1.165, 1.54) is 0 Å². The summed E-state index contributed by atoms with van der Waals surface area (Å²) < 4.78 is 8.23. The van der Waals surface area contributed by atoms with Gasteiger partial charge in [0.2, 0.25) is 11.9 Å². The Morgan fingerprint density at radius 3 is 2.89 bits per heavy atom. The minimum Gasteiger partial charge on any atom is -0.491 e. The van der Waals surface area contributed by atoms with Gasteiger partial charge in [0.1, 0.15) is 17.3 Å². The van der Waals surface area contributed by atoms with Crippen molar-refractivity contribution in [3.8, 4) is 5.75 Å². The van der Waals surface area contributed by atoms with E-state index in [0.717, 1.165) is 73.6 Å². The first kappa shape index (κ1) is 17.6. The Morgan fingerprint density at radius 1 is 1.29 bits per heavy atom. The van der Waals surface area contributed by atoms with Gasteiger partial charge in [0.15, 0.2) is 0 Å². The average Bonchev–Trinajstić information content (AvgIpc) is 3.46. The molecule has 1 aromatic heterocycles. The molecule has 1 aliphatic carbocycles. The summed E-state index contributed by atoms with van der Waals surface area (Å²) in [7, 11) is 0. The number of amides is 1. The predicted octanol–water partition coefficient (Wildman–Crippen LogP) is 1.46. The highest BCUT2D eigenvalue weighted by Gasteiger charge is 2.35. The molecule has 2 atom stereocenters. The monoisotopic (exact) mass is 385 g/mol. The molecule has 8 heteroatoms. The summed E-state index contributed by atoms with van der Waals surface area (Å²) in [4.78, 5) is 18.9. The van der Waals surface area contributed by atoms with Crippen LogP contribution in [-0.2, 0) is 11.3 Å². The maximum Gasteiger partial charge on any atom is 0.240 e. The molecule has 2 aromatic rings. The molecule has 8 nitrogen and oxygen atoms in total. The Hall–Kier alpha value is -2.48. The van der Waals surface area contributed by atoms with Crippen LogP contribution in [0.3, 0.4) is 0 Å². The number of nitrogens with zero attached hydrogens (tertiary/aromatic N) is 3. The number of piperidine rings is 1. The maximum absolute atomic E-state index is 11.8. The lowest BCUT2D eigenvalue weighted by Crippen LogP contribution is -2.39. The van der Waals surface area contributed by atoms with Gasteiger partial charge in [0.05, 0.1) is 18.2 Å². The fourth-order valence-electron chi connectivity index (χ4n) is 4.44. The van der Waals surface area contributed by atoms with Gasteiger partial charge >= 0.3 is 0 Å². The zero-order valence-corrected chi connectivity index (χ0v) is 15.9. The quantitative estimate of drug-likeness (QED) is 0.720. The maximum atomic E-state index is 11.8. The number of carbonyl (C=O) groups excluding carboxylic acids is 1. The molecule has 0 spiro atoms. The Morgan fingerprint density at radius 2 is 2.14 bits per heavy atom. The van der Waals surface area contributed by atoms with Crippen LogP contribution in [0.15, 0.2) is 12.1 Å². The second-order valence-corrected chi connectivity index (χ2v) is 8.21. The molecular weight excluding hydrogens is 358 g/mol. The van der Waals surface area contributed by atoms with Gasteiger partial charge in [0.25, 0.3) is 0 Å². The number of benzene rings is 1. The number of carbonyl (C=O) groups is 1. The van der Waals surface area contributed by atoms with E-state index in [-0.39, 0.29) is 18.1 Å². The molecule has 0 radical (unpaired) electrons. The second-order valence-electron chi connectivity index (χ2n) is 8.21. The topological polar surface area (TPSA) is 106 Å². The lowest BCUT2D eigenvalue weighted by Gasteiger charge is -2.31. The van der Waals surface area contributed by atoms with E-state index in [0.29, 0.717) is 19.1 Å². The first-order valence-electron chi connectivity index (χ1n) is 10.3. The molecule has 0 bridgehead atoms. The molecule has 2 fully saturated rings. The highest BCUT2D eigenvalue weighted by atomic mass is 16.5. The second kappa shape index (κ2) is 6.84. The zero-order chi connectivity index (χ0) is 19.3. The van der Waals surface area contributed by atoms with Crippen molar-refractivity contribution in [1.82, 2.24) is 9.55 Å². The van der Waals surface area contributed by atoms with Gasteiger partial charge in [-0.3, -0.25) is 4.79 Å². The minimum absolute atomic E-state index is 0.310. The number of aromatic nitrogens is 2. The van der Waals surface area contributed by atoms with Crippen molar-refractivity contribution in [3.63, 3.8) is 0 Å². The highest BCUT2D eigenvalue weighted by Crippen LogP contribution is 2.38. The summed E-state index contributed by atoms with van der Waals surface area (Å²) in [6, 6.07) is 3.58. The molecule has 28 heavy (non-hydrogen) atoms. The van der Waals surface area contributed by atoms with Crippen molar-refractivity contribution in [1.29, 1.82) is 0 Å². The lowest BCUT2D eigenvalue weighted by atomic mass is 10.1. The Kier molecular flexibility index (Phi) is 4.30. The van der Waals surface area contributed by atoms with Crippen molar-refractivity contribution in [3.05, 3.63) is 12.1 Å². The number of primary amides is 1. The van der Waals surface area contributed by atoms with Crippen LogP contribution in [0.4, 0.5) is 11.6 Å². The van der Waals surface area contributed by atoms with E-state index >= 15 is 0 Å². The van der Waals surface area contributed by atoms with E-state index in [1.807, 2.05) is 12.1 Å². The third-order valence-corrected chi connectivity index (χ3v) is 5.97. The standard InChI is InChI=1S/C20H27N5O3/c21-19(27)17(12-4-5-12)22-13-9-15-18-16(10-13)28-8-2-7-25(18)20(23-15)24-6-1-3-14(26)11-24/h9-10,12,14,17,22,26H,1-8,11H2,(H2,21,27)/t14?,17-/m0/s1. The van der Waals surface area contributed by atoms with Crippen molar-refractivity contribution >= 4 is 28.6 Å². The van der Waals surface area contributed by atoms with E-state index in [1.54, 1.807) is 0 Å². The summed E-state index contributed by atoms with van der Waals surface area (Å²) in [5, 5.41) is 13.4. The molecule has 1 aromatic carbocycles. The molecule has 5 rings (SSSR count). The van der Waals surface area contributed by atoms with Crippen LogP contribution in [0.2, 0.25) is 0 Å². The SMILES string of the molecule is NC(=O)[C@@H](Nc1cc2c3c(c1)nc(N1CCCC(O)C1)n3CCCO2)C1CC1. The van der Waals surface area contributed by atoms with Gasteiger partial charge < -0.3 is 30.4 Å². The number of ether oxygens (including phenoxy) is 1. The third kappa shape index (κ3) is 3.15. The van der Waals surface area contributed by atoms with Crippen LogP contribution in [0.5, 0.6) is 5.75 Å². The van der Waals surface area contributed by atoms with E-state index in [9.17, 15) is 9.90 Å². The van der Waals surface area contributed by atoms with Crippen LogP contribution in [0, 0.1) is 5.92 Å². The average molecular weight is 385 g/mol. The Bertz CT molecular complexity index is 907. The highest BCUT2D eigenvalue weighted by molar-refractivity contribution is 5.90. The zero-order valence-electron chi connectivity index (χ0n) is 15.9. The van der Waals surface area contributed by atoms with E-state index < -0.39 is 0 Å². The van der Waals surface area contributed by atoms with Crippen LogP contribution in [-0.4, -0.2) is 52.4 Å². The fourth-order valence-corrected chi connectivity index (χ4v) is 4.44. The fraction of sp³-hybridized carbons (Fsp3) is 0.600.